The highest BCUT2D eigenvalue weighted by molar-refractivity contribution is 9.10. The van der Waals surface area contributed by atoms with E-state index in [1.54, 1.807) is 6.07 Å². The first kappa shape index (κ1) is 12.4. The standard InChI is InChI=1S/C12H15BrN2O2/c1-8(9-2-3-9)7-14-11-5-4-10(13)6-12(11)15(16)17/h4-6,8-9,14H,2-3,7H2,1H3. The van der Waals surface area contributed by atoms with Crippen molar-refractivity contribution in [3.05, 3.63) is 32.8 Å². The molecular weight excluding hydrogens is 284 g/mol. The van der Waals surface area contributed by atoms with Gasteiger partial charge in [-0.15, -0.1) is 0 Å². The Labute approximate surface area is 109 Å². The van der Waals surface area contributed by atoms with E-state index in [2.05, 4.69) is 28.2 Å². The Morgan fingerprint density at radius 2 is 2.29 bits per heavy atom. The van der Waals surface area contributed by atoms with Crippen molar-refractivity contribution in [3.63, 3.8) is 0 Å². The number of anilines is 1. The molecule has 1 aliphatic carbocycles. The number of nitrogens with zero attached hydrogens (tertiary/aromatic N) is 1. The molecule has 17 heavy (non-hydrogen) atoms. The van der Waals surface area contributed by atoms with Crippen molar-refractivity contribution in [2.75, 3.05) is 11.9 Å². The number of nitro groups is 1. The van der Waals surface area contributed by atoms with Gasteiger partial charge in [-0.3, -0.25) is 10.1 Å². The van der Waals surface area contributed by atoms with Gasteiger partial charge in [-0.05, 0) is 36.8 Å². The summed E-state index contributed by atoms with van der Waals surface area (Å²) in [4.78, 5) is 10.6. The molecule has 1 saturated carbocycles. The van der Waals surface area contributed by atoms with Gasteiger partial charge < -0.3 is 5.32 Å². The van der Waals surface area contributed by atoms with Crippen LogP contribution in [0.5, 0.6) is 0 Å². The molecule has 1 aromatic carbocycles. The van der Waals surface area contributed by atoms with E-state index in [0.29, 0.717) is 11.6 Å². The highest BCUT2D eigenvalue weighted by Crippen LogP contribution is 2.37. The van der Waals surface area contributed by atoms with Crippen molar-refractivity contribution in [2.45, 2.75) is 19.8 Å². The zero-order valence-electron chi connectivity index (χ0n) is 9.65. The monoisotopic (exact) mass is 298 g/mol. The molecule has 1 fully saturated rings. The van der Waals surface area contributed by atoms with Gasteiger partial charge >= 0.3 is 0 Å². The molecular formula is C12H15BrN2O2. The lowest BCUT2D eigenvalue weighted by atomic mass is 10.1. The van der Waals surface area contributed by atoms with Gasteiger partial charge in [0.2, 0.25) is 0 Å². The summed E-state index contributed by atoms with van der Waals surface area (Å²) in [6.45, 7) is 2.99. The maximum absolute atomic E-state index is 10.9. The summed E-state index contributed by atoms with van der Waals surface area (Å²) in [6.07, 6.45) is 2.59. The Hall–Kier alpha value is -1.10. The zero-order valence-corrected chi connectivity index (χ0v) is 11.2. The van der Waals surface area contributed by atoms with Crippen LogP contribution in [-0.2, 0) is 0 Å². The highest BCUT2D eigenvalue weighted by atomic mass is 79.9. The summed E-state index contributed by atoms with van der Waals surface area (Å²) in [7, 11) is 0. The van der Waals surface area contributed by atoms with Crippen LogP contribution in [0, 0.1) is 22.0 Å². The van der Waals surface area contributed by atoms with Gasteiger partial charge in [-0.1, -0.05) is 22.9 Å². The number of hydrogen-bond donors (Lipinski definition) is 1. The van der Waals surface area contributed by atoms with E-state index in [4.69, 9.17) is 0 Å². The van der Waals surface area contributed by atoms with E-state index in [1.807, 2.05) is 6.07 Å². The van der Waals surface area contributed by atoms with Gasteiger partial charge in [0.1, 0.15) is 5.69 Å². The van der Waals surface area contributed by atoms with Crippen LogP contribution in [0.25, 0.3) is 0 Å². The predicted molar refractivity (Wildman–Crippen MR) is 71.2 cm³/mol. The van der Waals surface area contributed by atoms with Crippen molar-refractivity contribution in [2.24, 2.45) is 11.8 Å². The first-order chi connectivity index (χ1) is 8.08. The summed E-state index contributed by atoms with van der Waals surface area (Å²) in [5.74, 6) is 1.38. The third-order valence-corrected chi connectivity index (χ3v) is 3.69. The van der Waals surface area contributed by atoms with E-state index in [9.17, 15) is 10.1 Å². The van der Waals surface area contributed by atoms with Gasteiger partial charge in [-0.2, -0.15) is 0 Å². The lowest BCUT2D eigenvalue weighted by Crippen LogP contribution is -2.13. The fourth-order valence-electron chi connectivity index (χ4n) is 1.91. The predicted octanol–water partition coefficient (Wildman–Crippen LogP) is 3.82. The Bertz CT molecular complexity index is 433. The minimum Gasteiger partial charge on any atom is -0.379 e. The van der Waals surface area contributed by atoms with Gasteiger partial charge in [0.25, 0.3) is 5.69 Å². The minimum atomic E-state index is -0.352. The van der Waals surface area contributed by atoms with Crippen LogP contribution in [-0.4, -0.2) is 11.5 Å². The number of benzene rings is 1. The van der Waals surface area contributed by atoms with Gasteiger partial charge in [0.05, 0.1) is 4.92 Å². The maximum atomic E-state index is 10.9. The van der Waals surface area contributed by atoms with Gasteiger partial charge in [0, 0.05) is 17.1 Å². The highest BCUT2D eigenvalue weighted by Gasteiger charge is 2.28. The third kappa shape index (κ3) is 3.19. The summed E-state index contributed by atoms with van der Waals surface area (Å²) >= 11 is 3.25. The van der Waals surface area contributed by atoms with E-state index < -0.39 is 0 Å². The fourth-order valence-corrected chi connectivity index (χ4v) is 2.26. The Kier molecular flexibility index (Phi) is 3.66. The van der Waals surface area contributed by atoms with Gasteiger partial charge in [0.15, 0.2) is 0 Å². The molecule has 1 aromatic rings. The molecule has 0 amide bonds. The zero-order chi connectivity index (χ0) is 12.4. The second-order valence-electron chi connectivity index (χ2n) is 4.61. The molecule has 0 radical (unpaired) electrons. The molecule has 0 bridgehead atoms. The van der Waals surface area contributed by atoms with Crippen LogP contribution in [0.3, 0.4) is 0 Å². The molecule has 1 N–H and O–H groups in total. The molecule has 0 saturated heterocycles. The molecule has 1 atom stereocenters. The fraction of sp³-hybridized carbons (Fsp3) is 0.500. The summed E-state index contributed by atoms with van der Waals surface area (Å²) in [5.41, 5.74) is 0.730. The summed E-state index contributed by atoms with van der Waals surface area (Å²) < 4.78 is 0.727. The lowest BCUT2D eigenvalue weighted by molar-refractivity contribution is -0.384. The second kappa shape index (κ2) is 5.04. The van der Waals surface area contributed by atoms with Gasteiger partial charge in [-0.25, -0.2) is 0 Å². The SMILES string of the molecule is CC(CNc1ccc(Br)cc1[N+](=O)[O-])C1CC1. The topological polar surface area (TPSA) is 55.2 Å². The molecule has 0 spiro atoms. The van der Waals surface area contributed by atoms with E-state index >= 15 is 0 Å². The van der Waals surface area contributed by atoms with Crippen LogP contribution < -0.4 is 5.32 Å². The molecule has 0 heterocycles. The number of halogens is 1. The average molecular weight is 299 g/mol. The van der Waals surface area contributed by atoms with Crippen LogP contribution in [0.15, 0.2) is 22.7 Å². The largest absolute Gasteiger partial charge is 0.379 e. The Morgan fingerprint density at radius 3 is 2.88 bits per heavy atom. The Morgan fingerprint density at radius 1 is 1.59 bits per heavy atom. The number of nitro benzene ring substituents is 1. The molecule has 0 aliphatic heterocycles. The average Bonchev–Trinajstić information content (AvgIpc) is 3.10. The summed E-state index contributed by atoms with van der Waals surface area (Å²) in [5, 5.41) is 14.1. The van der Waals surface area contributed by atoms with Crippen molar-refractivity contribution < 1.29 is 4.92 Å². The molecule has 4 nitrogen and oxygen atoms in total. The molecule has 1 unspecified atom stereocenters. The number of rotatable bonds is 5. The van der Waals surface area contributed by atoms with Crippen molar-refractivity contribution in [1.29, 1.82) is 0 Å². The van der Waals surface area contributed by atoms with Crippen molar-refractivity contribution >= 4 is 27.3 Å². The van der Waals surface area contributed by atoms with Crippen molar-refractivity contribution in [3.8, 4) is 0 Å². The third-order valence-electron chi connectivity index (χ3n) is 3.20. The minimum absolute atomic E-state index is 0.127. The van der Waals surface area contributed by atoms with Crippen LogP contribution >= 0.6 is 15.9 Å². The maximum Gasteiger partial charge on any atom is 0.293 e. The lowest BCUT2D eigenvalue weighted by Gasteiger charge is -2.12. The molecule has 92 valence electrons. The number of hydrogen-bond acceptors (Lipinski definition) is 3. The molecule has 2 rings (SSSR count). The van der Waals surface area contributed by atoms with Crippen LogP contribution in [0.4, 0.5) is 11.4 Å². The smallest absolute Gasteiger partial charge is 0.293 e. The molecule has 0 aromatic heterocycles. The normalized spacial score (nSPS) is 16.6. The first-order valence-electron chi connectivity index (χ1n) is 5.75. The van der Waals surface area contributed by atoms with Crippen molar-refractivity contribution in [1.82, 2.24) is 0 Å². The molecule has 1 aliphatic rings. The second-order valence-corrected chi connectivity index (χ2v) is 5.53. The van der Waals surface area contributed by atoms with E-state index in [0.717, 1.165) is 16.9 Å². The Balaban J connectivity index is 2.06. The quantitative estimate of drug-likeness (QED) is 0.664. The first-order valence-corrected chi connectivity index (χ1v) is 6.55. The molecule has 5 heteroatoms. The number of nitrogens with one attached hydrogen (secondary N) is 1. The van der Waals surface area contributed by atoms with Crippen LogP contribution in [0.1, 0.15) is 19.8 Å². The van der Waals surface area contributed by atoms with Crippen LogP contribution in [0.2, 0.25) is 0 Å². The van der Waals surface area contributed by atoms with E-state index in [1.165, 1.54) is 18.9 Å². The van der Waals surface area contributed by atoms with E-state index in [-0.39, 0.29) is 10.6 Å². The summed E-state index contributed by atoms with van der Waals surface area (Å²) in [6, 6.07) is 5.10.